The van der Waals surface area contributed by atoms with E-state index in [-0.39, 0.29) is 5.91 Å². The molecule has 0 radical (unpaired) electrons. The number of carbonyl (C=O) groups excluding carboxylic acids is 1. The Bertz CT molecular complexity index is 1170. The summed E-state index contributed by atoms with van der Waals surface area (Å²) >= 11 is 9.91. The number of amides is 1. The molecule has 4 rings (SSSR count). The highest BCUT2D eigenvalue weighted by Gasteiger charge is 2.22. The van der Waals surface area contributed by atoms with Gasteiger partial charge in [0.2, 0.25) is 0 Å². The zero-order valence-corrected chi connectivity index (χ0v) is 19.3. The van der Waals surface area contributed by atoms with Gasteiger partial charge in [0, 0.05) is 0 Å². The number of hydrogen-bond donors (Lipinski definition) is 1. The second-order valence-electron chi connectivity index (χ2n) is 6.54. The molecule has 7 heteroatoms. The van der Waals surface area contributed by atoms with Gasteiger partial charge in [0.15, 0.2) is 11.5 Å². The first-order valence-electron chi connectivity index (χ1n) is 9.36. The third-order valence-corrected chi connectivity index (χ3v) is 6.28. The van der Waals surface area contributed by atoms with Gasteiger partial charge in [-0.15, -0.1) is 0 Å². The molecule has 4 nitrogen and oxygen atoms in total. The molecule has 1 heterocycles. The van der Waals surface area contributed by atoms with Crippen LogP contribution in [0.25, 0.3) is 16.8 Å². The first kappa shape index (κ1) is 20.9. The Hall–Kier alpha value is -2.35. The highest BCUT2D eigenvalue weighted by atomic mass is 79.9. The summed E-state index contributed by atoms with van der Waals surface area (Å²) in [6.45, 7) is 2.83. The number of rotatable bonds is 6. The van der Waals surface area contributed by atoms with Crippen LogP contribution in [0, 0.1) is 0 Å². The van der Waals surface area contributed by atoms with E-state index < -0.39 is 0 Å². The van der Waals surface area contributed by atoms with Crippen LogP contribution in [0.15, 0.2) is 64.0 Å². The Morgan fingerprint density at radius 2 is 1.93 bits per heavy atom. The quantitative estimate of drug-likeness (QED) is 0.329. The molecule has 0 saturated carbocycles. The van der Waals surface area contributed by atoms with Crippen molar-refractivity contribution in [3.8, 4) is 11.5 Å². The summed E-state index contributed by atoms with van der Waals surface area (Å²) < 4.78 is 13.2. The molecule has 0 unspecified atom stereocenters. The number of nitrogens with one attached hydrogen (secondary N) is 1. The summed E-state index contributed by atoms with van der Waals surface area (Å²) in [6, 6.07) is 18.2. The smallest absolute Gasteiger partial charge is 0.263 e. The maximum absolute atomic E-state index is 12.0. The maximum atomic E-state index is 12.0. The lowest BCUT2D eigenvalue weighted by Gasteiger charge is -2.15. The second kappa shape index (κ2) is 9.20. The van der Waals surface area contributed by atoms with E-state index in [1.54, 1.807) is 6.08 Å². The van der Waals surface area contributed by atoms with E-state index in [2.05, 4.69) is 45.5 Å². The predicted molar refractivity (Wildman–Crippen MR) is 130 cm³/mol. The minimum absolute atomic E-state index is 0.185. The molecular weight excluding hydrogens is 482 g/mol. The van der Waals surface area contributed by atoms with Crippen molar-refractivity contribution in [1.29, 1.82) is 0 Å². The highest BCUT2D eigenvalue weighted by Crippen LogP contribution is 2.39. The lowest BCUT2D eigenvalue weighted by Crippen LogP contribution is -2.17. The van der Waals surface area contributed by atoms with Gasteiger partial charge in [-0.2, -0.15) is 0 Å². The summed E-state index contributed by atoms with van der Waals surface area (Å²) in [5.41, 5.74) is 1.92. The summed E-state index contributed by atoms with van der Waals surface area (Å²) in [5, 5.41) is 4.96. The van der Waals surface area contributed by atoms with Gasteiger partial charge >= 0.3 is 0 Å². The van der Waals surface area contributed by atoms with Crippen LogP contribution in [0.4, 0.5) is 0 Å². The Labute approximate surface area is 192 Å². The number of fused-ring (bicyclic) bond motifs is 1. The number of carbonyl (C=O) groups is 1. The average molecular weight is 500 g/mol. The standard InChI is InChI=1S/C23H18BrNO3S2/c1-2-27-19-11-14(12-20-22(26)25-23(29)30-20)10-18(24)21(19)28-13-16-8-5-7-15-6-3-4-9-17(15)16/h3-12H,2,13H2,1H3,(H,25,26,29)/b20-12-. The van der Waals surface area contributed by atoms with Crippen LogP contribution in [0.5, 0.6) is 11.5 Å². The molecule has 0 atom stereocenters. The number of hydrogen-bond acceptors (Lipinski definition) is 5. The van der Waals surface area contributed by atoms with Gasteiger partial charge in [0.1, 0.15) is 10.9 Å². The molecule has 1 saturated heterocycles. The normalized spacial score (nSPS) is 14.9. The van der Waals surface area contributed by atoms with Crippen LogP contribution in [0.3, 0.4) is 0 Å². The Morgan fingerprint density at radius 1 is 1.13 bits per heavy atom. The minimum Gasteiger partial charge on any atom is -0.490 e. The molecular formula is C23H18BrNO3S2. The van der Waals surface area contributed by atoms with Crippen molar-refractivity contribution >= 4 is 67.0 Å². The molecule has 0 aromatic heterocycles. The first-order chi connectivity index (χ1) is 14.5. The average Bonchev–Trinajstić information content (AvgIpc) is 3.04. The van der Waals surface area contributed by atoms with E-state index in [1.165, 1.54) is 17.1 Å². The van der Waals surface area contributed by atoms with E-state index in [0.29, 0.717) is 33.9 Å². The molecule has 1 aliphatic heterocycles. The lowest BCUT2D eigenvalue weighted by atomic mass is 10.1. The van der Waals surface area contributed by atoms with E-state index in [9.17, 15) is 4.79 Å². The van der Waals surface area contributed by atoms with Gasteiger partial charge in [-0.3, -0.25) is 4.79 Å². The van der Waals surface area contributed by atoms with Crippen molar-refractivity contribution in [1.82, 2.24) is 5.32 Å². The van der Waals surface area contributed by atoms with Gasteiger partial charge < -0.3 is 14.8 Å². The van der Waals surface area contributed by atoms with Crippen molar-refractivity contribution in [2.24, 2.45) is 0 Å². The van der Waals surface area contributed by atoms with Crippen molar-refractivity contribution in [3.63, 3.8) is 0 Å². The van der Waals surface area contributed by atoms with Crippen molar-refractivity contribution in [3.05, 3.63) is 75.1 Å². The summed E-state index contributed by atoms with van der Waals surface area (Å²) in [6.07, 6.45) is 1.79. The van der Waals surface area contributed by atoms with Crippen LogP contribution in [0.2, 0.25) is 0 Å². The van der Waals surface area contributed by atoms with Gasteiger partial charge in [0.05, 0.1) is 16.0 Å². The molecule has 0 spiro atoms. The van der Waals surface area contributed by atoms with Crippen molar-refractivity contribution in [2.75, 3.05) is 6.61 Å². The Balaban J connectivity index is 1.63. The molecule has 3 aromatic carbocycles. The summed E-state index contributed by atoms with van der Waals surface area (Å²) in [5.74, 6) is 1.06. The fourth-order valence-corrected chi connectivity index (χ4v) is 4.83. The molecule has 3 aromatic rings. The van der Waals surface area contributed by atoms with E-state index in [4.69, 9.17) is 21.7 Å². The zero-order chi connectivity index (χ0) is 21.1. The van der Waals surface area contributed by atoms with Crippen LogP contribution >= 0.6 is 39.9 Å². The van der Waals surface area contributed by atoms with E-state index in [0.717, 1.165) is 21.0 Å². The van der Waals surface area contributed by atoms with E-state index in [1.807, 2.05) is 37.3 Å². The van der Waals surface area contributed by atoms with Gasteiger partial charge in [-0.05, 0) is 63.0 Å². The van der Waals surface area contributed by atoms with Gasteiger partial charge in [0.25, 0.3) is 5.91 Å². The summed E-state index contributed by atoms with van der Waals surface area (Å²) in [7, 11) is 0. The van der Waals surface area contributed by atoms with Crippen molar-refractivity contribution < 1.29 is 14.3 Å². The lowest BCUT2D eigenvalue weighted by molar-refractivity contribution is -0.115. The molecule has 152 valence electrons. The van der Waals surface area contributed by atoms with Crippen LogP contribution in [0.1, 0.15) is 18.1 Å². The number of benzene rings is 3. The van der Waals surface area contributed by atoms with E-state index >= 15 is 0 Å². The van der Waals surface area contributed by atoms with Crippen LogP contribution in [-0.4, -0.2) is 16.8 Å². The third kappa shape index (κ3) is 4.53. The second-order valence-corrected chi connectivity index (χ2v) is 9.12. The van der Waals surface area contributed by atoms with Gasteiger partial charge in [-0.1, -0.05) is 66.4 Å². The summed E-state index contributed by atoms with van der Waals surface area (Å²) in [4.78, 5) is 12.5. The molecule has 0 aliphatic carbocycles. The highest BCUT2D eigenvalue weighted by molar-refractivity contribution is 9.10. The molecule has 1 N–H and O–H groups in total. The minimum atomic E-state index is -0.185. The monoisotopic (exact) mass is 499 g/mol. The Kier molecular flexibility index (Phi) is 6.41. The number of halogens is 1. The van der Waals surface area contributed by atoms with Crippen LogP contribution < -0.4 is 14.8 Å². The molecule has 1 amide bonds. The molecule has 30 heavy (non-hydrogen) atoms. The van der Waals surface area contributed by atoms with Crippen LogP contribution in [-0.2, 0) is 11.4 Å². The number of ether oxygens (including phenoxy) is 2. The number of thiocarbonyl (C=S) groups is 1. The fraction of sp³-hybridized carbons (Fsp3) is 0.130. The molecule has 1 fully saturated rings. The predicted octanol–water partition coefficient (Wildman–Crippen LogP) is 6.07. The SMILES string of the molecule is CCOc1cc(/C=C2\SC(=S)NC2=O)cc(Br)c1OCc1cccc2ccccc12. The molecule has 1 aliphatic rings. The fourth-order valence-electron chi connectivity index (χ4n) is 3.21. The first-order valence-corrected chi connectivity index (χ1v) is 11.4. The topological polar surface area (TPSA) is 47.6 Å². The molecule has 0 bridgehead atoms. The maximum Gasteiger partial charge on any atom is 0.263 e. The Morgan fingerprint density at radius 3 is 2.70 bits per heavy atom. The largest absolute Gasteiger partial charge is 0.490 e. The van der Waals surface area contributed by atoms with Gasteiger partial charge in [-0.25, -0.2) is 0 Å². The third-order valence-electron chi connectivity index (χ3n) is 4.52. The zero-order valence-electron chi connectivity index (χ0n) is 16.1. The van der Waals surface area contributed by atoms with Crippen molar-refractivity contribution in [2.45, 2.75) is 13.5 Å². The number of thioether (sulfide) groups is 1.